The van der Waals surface area contributed by atoms with Crippen LogP contribution in [-0.2, 0) is 6.42 Å². The van der Waals surface area contributed by atoms with Gasteiger partial charge in [-0.15, -0.1) is 24.0 Å². The first-order valence-electron chi connectivity index (χ1n) is 9.70. The molecule has 0 radical (unpaired) electrons. The predicted molar refractivity (Wildman–Crippen MR) is 122 cm³/mol. The Morgan fingerprint density at radius 2 is 2.18 bits per heavy atom. The lowest BCUT2D eigenvalue weighted by atomic mass is 9.94. The molecule has 1 unspecified atom stereocenters. The highest BCUT2D eigenvalue weighted by atomic mass is 127. The second-order valence-corrected chi connectivity index (χ2v) is 6.99. The summed E-state index contributed by atoms with van der Waals surface area (Å²) in [6.07, 6.45) is 4.16. The summed E-state index contributed by atoms with van der Waals surface area (Å²) in [6.45, 7) is 8.85. The highest BCUT2D eigenvalue weighted by Crippen LogP contribution is 2.16. The molecule has 8 nitrogen and oxygen atoms in total. The zero-order valence-corrected chi connectivity index (χ0v) is 19.3. The molecule has 0 aromatic carbocycles. The Labute approximate surface area is 184 Å². The fourth-order valence-electron chi connectivity index (χ4n) is 2.92. The van der Waals surface area contributed by atoms with E-state index in [1.807, 2.05) is 19.1 Å². The van der Waals surface area contributed by atoms with E-state index in [0.717, 1.165) is 31.2 Å². The number of guanidine groups is 1. The predicted octanol–water partition coefficient (Wildman–Crippen LogP) is 2.83. The normalized spacial score (nSPS) is 12.7. The highest BCUT2D eigenvalue weighted by molar-refractivity contribution is 14.0. The Balaban J connectivity index is 0.00000392. The standard InChI is InChI=1S/C19H32N6O2.HI/c1-4-20-19(22-13-15(8-10-26)12-14(2)3)21-9-7-17-23-18(25-24-17)16-6-5-11-27-16;/h5-6,11,14-15,26H,4,7-10,12-13H2,1-3H3,(H2,20,21,22)(H,23,24,25);1H. The number of rotatable bonds is 11. The number of nitrogens with zero attached hydrogens (tertiary/aromatic N) is 3. The van der Waals surface area contributed by atoms with E-state index in [0.29, 0.717) is 42.9 Å². The van der Waals surface area contributed by atoms with E-state index in [-0.39, 0.29) is 30.6 Å². The molecule has 28 heavy (non-hydrogen) atoms. The van der Waals surface area contributed by atoms with Crippen LogP contribution in [0.5, 0.6) is 0 Å². The molecule has 4 N–H and O–H groups in total. The molecular formula is C19H33IN6O2. The van der Waals surface area contributed by atoms with Crippen LogP contribution in [-0.4, -0.2) is 52.5 Å². The summed E-state index contributed by atoms with van der Waals surface area (Å²) in [5.74, 6) is 3.80. The van der Waals surface area contributed by atoms with Crippen molar-refractivity contribution in [2.75, 3.05) is 26.2 Å². The number of aromatic amines is 1. The second-order valence-electron chi connectivity index (χ2n) is 6.99. The zero-order chi connectivity index (χ0) is 19.5. The van der Waals surface area contributed by atoms with Crippen LogP contribution in [0.2, 0.25) is 0 Å². The molecule has 0 fully saturated rings. The van der Waals surface area contributed by atoms with E-state index in [4.69, 9.17) is 4.42 Å². The third-order valence-corrected chi connectivity index (χ3v) is 4.12. The SMILES string of the molecule is CCNC(=NCC(CCO)CC(C)C)NCCc1nc(-c2ccco2)n[nH]1.I. The van der Waals surface area contributed by atoms with Crippen LogP contribution in [0.25, 0.3) is 11.6 Å². The summed E-state index contributed by atoms with van der Waals surface area (Å²) in [6, 6.07) is 3.65. The summed E-state index contributed by atoms with van der Waals surface area (Å²) in [4.78, 5) is 9.12. The summed E-state index contributed by atoms with van der Waals surface area (Å²) >= 11 is 0. The van der Waals surface area contributed by atoms with Crippen LogP contribution < -0.4 is 10.6 Å². The molecule has 0 aliphatic carbocycles. The molecule has 0 bridgehead atoms. The van der Waals surface area contributed by atoms with Gasteiger partial charge in [0.25, 0.3) is 0 Å². The summed E-state index contributed by atoms with van der Waals surface area (Å²) < 4.78 is 5.30. The zero-order valence-electron chi connectivity index (χ0n) is 16.9. The third kappa shape index (κ3) is 8.59. The number of halogens is 1. The third-order valence-electron chi connectivity index (χ3n) is 4.12. The molecule has 0 spiro atoms. The average Bonchev–Trinajstić information content (AvgIpc) is 3.30. The van der Waals surface area contributed by atoms with Gasteiger partial charge in [0.05, 0.1) is 6.26 Å². The summed E-state index contributed by atoms with van der Waals surface area (Å²) in [5.41, 5.74) is 0. The molecule has 2 aromatic rings. The van der Waals surface area contributed by atoms with E-state index in [1.54, 1.807) is 6.26 Å². The number of aromatic nitrogens is 3. The van der Waals surface area contributed by atoms with Crippen LogP contribution in [0.15, 0.2) is 27.8 Å². The first kappa shape index (κ1) is 24.4. The summed E-state index contributed by atoms with van der Waals surface area (Å²) in [5, 5.41) is 23.0. The monoisotopic (exact) mass is 504 g/mol. The van der Waals surface area contributed by atoms with Crippen molar-refractivity contribution in [3.05, 3.63) is 24.2 Å². The maximum atomic E-state index is 9.25. The maximum absolute atomic E-state index is 9.25. The molecule has 2 aromatic heterocycles. The van der Waals surface area contributed by atoms with Crippen molar-refractivity contribution in [3.63, 3.8) is 0 Å². The number of aliphatic hydroxyl groups excluding tert-OH is 1. The fourth-order valence-corrected chi connectivity index (χ4v) is 2.92. The number of aliphatic imine (C=N–C) groups is 1. The van der Waals surface area contributed by atoms with Gasteiger partial charge in [-0.1, -0.05) is 13.8 Å². The maximum Gasteiger partial charge on any atom is 0.216 e. The molecule has 0 saturated heterocycles. The molecule has 0 amide bonds. The van der Waals surface area contributed by atoms with Crippen molar-refractivity contribution < 1.29 is 9.52 Å². The van der Waals surface area contributed by atoms with E-state index >= 15 is 0 Å². The molecule has 2 heterocycles. The van der Waals surface area contributed by atoms with Crippen molar-refractivity contribution in [2.45, 2.75) is 40.0 Å². The molecule has 2 rings (SSSR count). The quantitative estimate of drug-likeness (QED) is 0.213. The van der Waals surface area contributed by atoms with Crippen molar-refractivity contribution in [2.24, 2.45) is 16.8 Å². The molecule has 9 heteroatoms. The van der Waals surface area contributed by atoms with Crippen LogP contribution >= 0.6 is 24.0 Å². The Bertz CT molecular complexity index is 672. The van der Waals surface area contributed by atoms with Crippen LogP contribution in [0.1, 0.15) is 39.4 Å². The smallest absolute Gasteiger partial charge is 0.216 e. The molecule has 1 atom stereocenters. The lowest BCUT2D eigenvalue weighted by Crippen LogP contribution is -2.38. The lowest BCUT2D eigenvalue weighted by Gasteiger charge is -2.17. The van der Waals surface area contributed by atoms with Gasteiger partial charge in [0.1, 0.15) is 5.82 Å². The minimum absolute atomic E-state index is 0. The van der Waals surface area contributed by atoms with Gasteiger partial charge in [-0.05, 0) is 43.7 Å². The number of furan rings is 1. The molecule has 0 aliphatic rings. The minimum atomic E-state index is 0. The van der Waals surface area contributed by atoms with E-state index in [2.05, 4.69) is 44.7 Å². The van der Waals surface area contributed by atoms with Crippen molar-refractivity contribution >= 4 is 29.9 Å². The number of nitrogens with one attached hydrogen (secondary N) is 3. The van der Waals surface area contributed by atoms with Gasteiger partial charge in [-0.3, -0.25) is 10.1 Å². The largest absolute Gasteiger partial charge is 0.461 e. The van der Waals surface area contributed by atoms with Gasteiger partial charge in [0.2, 0.25) is 5.82 Å². The van der Waals surface area contributed by atoms with Gasteiger partial charge in [-0.25, -0.2) is 4.98 Å². The number of aliphatic hydroxyl groups is 1. The topological polar surface area (TPSA) is 111 Å². The first-order chi connectivity index (χ1) is 13.1. The van der Waals surface area contributed by atoms with E-state index in [1.165, 1.54) is 0 Å². The van der Waals surface area contributed by atoms with Crippen molar-refractivity contribution in [1.82, 2.24) is 25.8 Å². The van der Waals surface area contributed by atoms with Crippen molar-refractivity contribution in [3.8, 4) is 11.6 Å². The second kappa shape index (κ2) is 13.5. The number of H-pyrrole nitrogens is 1. The molecule has 158 valence electrons. The average molecular weight is 504 g/mol. The lowest BCUT2D eigenvalue weighted by molar-refractivity contribution is 0.245. The molecule has 0 saturated carbocycles. The summed E-state index contributed by atoms with van der Waals surface area (Å²) in [7, 11) is 0. The number of hydrogen-bond acceptors (Lipinski definition) is 5. The Kier molecular flexibility index (Phi) is 11.8. The van der Waals surface area contributed by atoms with E-state index in [9.17, 15) is 5.11 Å². The van der Waals surface area contributed by atoms with Crippen LogP contribution in [0.4, 0.5) is 0 Å². The molecular weight excluding hydrogens is 471 g/mol. The number of hydrogen-bond donors (Lipinski definition) is 4. The van der Waals surface area contributed by atoms with Gasteiger partial charge in [0, 0.05) is 32.7 Å². The van der Waals surface area contributed by atoms with Gasteiger partial charge in [-0.2, -0.15) is 5.10 Å². The van der Waals surface area contributed by atoms with Crippen molar-refractivity contribution in [1.29, 1.82) is 0 Å². The van der Waals surface area contributed by atoms with Crippen LogP contribution in [0.3, 0.4) is 0 Å². The Morgan fingerprint density at radius 3 is 2.82 bits per heavy atom. The fraction of sp³-hybridized carbons (Fsp3) is 0.632. The van der Waals surface area contributed by atoms with Gasteiger partial charge in [0.15, 0.2) is 11.7 Å². The van der Waals surface area contributed by atoms with E-state index < -0.39 is 0 Å². The first-order valence-corrected chi connectivity index (χ1v) is 9.70. The minimum Gasteiger partial charge on any atom is -0.461 e. The highest BCUT2D eigenvalue weighted by Gasteiger charge is 2.11. The Hall–Kier alpha value is -1.62. The van der Waals surface area contributed by atoms with Gasteiger partial charge >= 0.3 is 0 Å². The molecule has 0 aliphatic heterocycles. The van der Waals surface area contributed by atoms with Crippen LogP contribution in [0, 0.1) is 11.8 Å². The Morgan fingerprint density at radius 1 is 1.36 bits per heavy atom. The van der Waals surface area contributed by atoms with Gasteiger partial charge < -0.3 is 20.2 Å².